The number of carbonyl (C=O) groups excluding carboxylic acids is 1. The number of hydrogen-bond donors (Lipinski definition) is 2. The predicted octanol–water partition coefficient (Wildman–Crippen LogP) is 3.01. The van der Waals surface area contributed by atoms with Gasteiger partial charge in [-0.2, -0.15) is 0 Å². The molecule has 0 radical (unpaired) electrons. The number of thiophene rings is 1. The lowest BCUT2D eigenvalue weighted by molar-refractivity contribution is 0.0943. The van der Waals surface area contributed by atoms with Crippen LogP contribution in [-0.2, 0) is 0 Å². The van der Waals surface area contributed by atoms with Gasteiger partial charge in [-0.05, 0) is 48.4 Å². The van der Waals surface area contributed by atoms with Crippen molar-refractivity contribution < 1.29 is 4.79 Å². The second-order valence-corrected chi connectivity index (χ2v) is 6.00. The third-order valence-electron chi connectivity index (χ3n) is 3.54. The summed E-state index contributed by atoms with van der Waals surface area (Å²) in [6.45, 7) is 0.815. The Morgan fingerprint density at radius 3 is 2.94 bits per heavy atom. The molecule has 0 unspecified atom stereocenters. The fraction of sp³-hybridized carbons (Fsp3) is 0.357. The molecule has 1 aliphatic rings. The Kier molecular flexibility index (Phi) is 2.96. The largest absolute Gasteiger partial charge is 0.399 e. The quantitative estimate of drug-likeness (QED) is 0.833. The number of anilines is 1. The van der Waals surface area contributed by atoms with Gasteiger partial charge < -0.3 is 11.1 Å². The molecule has 1 saturated carbocycles. The van der Waals surface area contributed by atoms with Crippen molar-refractivity contribution >= 4 is 33.0 Å². The van der Waals surface area contributed by atoms with Crippen molar-refractivity contribution in [1.29, 1.82) is 0 Å². The van der Waals surface area contributed by atoms with Gasteiger partial charge in [0.2, 0.25) is 0 Å². The molecule has 3 nitrogen and oxygen atoms in total. The zero-order valence-corrected chi connectivity index (χ0v) is 10.9. The molecule has 94 valence electrons. The van der Waals surface area contributed by atoms with E-state index in [1.165, 1.54) is 30.6 Å². The molecule has 1 aliphatic carbocycles. The van der Waals surface area contributed by atoms with Crippen molar-refractivity contribution in [2.75, 3.05) is 12.3 Å². The normalized spacial score (nSPS) is 15.6. The van der Waals surface area contributed by atoms with Gasteiger partial charge in [-0.3, -0.25) is 4.79 Å². The highest BCUT2D eigenvalue weighted by molar-refractivity contribution is 7.20. The lowest BCUT2D eigenvalue weighted by atomic mass is 9.85. The van der Waals surface area contributed by atoms with Crippen LogP contribution in [0.2, 0.25) is 0 Å². The standard InChI is InChI=1S/C14H16N2OS/c15-11-4-5-12-10(6-11)7-13(18-12)14(17)16-8-9-2-1-3-9/h4-7,9H,1-3,8,15H2,(H,16,17). The summed E-state index contributed by atoms with van der Waals surface area (Å²) < 4.78 is 1.11. The molecular weight excluding hydrogens is 244 g/mol. The number of carbonyl (C=O) groups is 1. The third-order valence-corrected chi connectivity index (χ3v) is 4.66. The highest BCUT2D eigenvalue weighted by Gasteiger charge is 2.18. The van der Waals surface area contributed by atoms with Crippen LogP contribution >= 0.6 is 11.3 Å². The molecule has 0 atom stereocenters. The van der Waals surface area contributed by atoms with E-state index in [0.29, 0.717) is 5.92 Å². The summed E-state index contributed by atoms with van der Waals surface area (Å²) in [5.74, 6) is 0.737. The van der Waals surface area contributed by atoms with E-state index >= 15 is 0 Å². The van der Waals surface area contributed by atoms with Crippen molar-refractivity contribution in [2.24, 2.45) is 5.92 Å². The molecule has 0 bridgehead atoms. The Hall–Kier alpha value is -1.55. The number of amides is 1. The minimum atomic E-state index is 0.0432. The van der Waals surface area contributed by atoms with Crippen molar-refractivity contribution in [2.45, 2.75) is 19.3 Å². The molecule has 1 aromatic heterocycles. The summed E-state index contributed by atoms with van der Waals surface area (Å²) in [6.07, 6.45) is 3.81. The van der Waals surface area contributed by atoms with E-state index in [4.69, 9.17) is 5.73 Å². The van der Waals surface area contributed by atoms with Gasteiger partial charge in [-0.15, -0.1) is 11.3 Å². The molecule has 3 rings (SSSR count). The number of hydrogen-bond acceptors (Lipinski definition) is 3. The highest BCUT2D eigenvalue weighted by Crippen LogP contribution is 2.28. The maximum Gasteiger partial charge on any atom is 0.261 e. The lowest BCUT2D eigenvalue weighted by Gasteiger charge is -2.25. The van der Waals surface area contributed by atoms with Gasteiger partial charge in [0.05, 0.1) is 4.88 Å². The minimum absolute atomic E-state index is 0.0432. The SMILES string of the molecule is Nc1ccc2sc(C(=O)NCC3CCC3)cc2c1. The minimum Gasteiger partial charge on any atom is -0.399 e. The summed E-state index contributed by atoms with van der Waals surface area (Å²) in [4.78, 5) is 12.8. The Balaban J connectivity index is 1.74. The van der Waals surface area contributed by atoms with E-state index in [9.17, 15) is 4.79 Å². The molecule has 0 aliphatic heterocycles. The Labute approximate surface area is 110 Å². The summed E-state index contributed by atoms with van der Waals surface area (Å²) in [6, 6.07) is 7.67. The van der Waals surface area contributed by atoms with Crippen LogP contribution in [0.15, 0.2) is 24.3 Å². The van der Waals surface area contributed by atoms with E-state index < -0.39 is 0 Å². The first-order valence-electron chi connectivity index (χ1n) is 6.29. The molecule has 1 amide bonds. The summed E-state index contributed by atoms with van der Waals surface area (Å²) in [5.41, 5.74) is 6.48. The molecule has 18 heavy (non-hydrogen) atoms. The first-order chi connectivity index (χ1) is 8.72. The monoisotopic (exact) mass is 260 g/mol. The average molecular weight is 260 g/mol. The van der Waals surface area contributed by atoms with Crippen molar-refractivity contribution in [3.8, 4) is 0 Å². The van der Waals surface area contributed by atoms with Gasteiger partial charge in [-0.1, -0.05) is 6.42 Å². The fourth-order valence-corrected chi connectivity index (χ4v) is 3.15. The number of benzene rings is 1. The summed E-state index contributed by atoms with van der Waals surface area (Å²) in [5, 5.41) is 4.07. The maximum absolute atomic E-state index is 12.0. The first kappa shape index (κ1) is 11.5. The van der Waals surface area contributed by atoms with Crippen molar-refractivity contribution in [1.82, 2.24) is 5.32 Å². The molecule has 3 N–H and O–H groups in total. The van der Waals surface area contributed by atoms with Crippen LogP contribution < -0.4 is 11.1 Å². The van der Waals surface area contributed by atoms with E-state index in [-0.39, 0.29) is 5.91 Å². The third kappa shape index (κ3) is 2.20. The van der Waals surface area contributed by atoms with Gasteiger partial charge in [0.25, 0.3) is 5.91 Å². The van der Waals surface area contributed by atoms with Crippen LogP contribution in [-0.4, -0.2) is 12.5 Å². The Morgan fingerprint density at radius 1 is 1.39 bits per heavy atom. The van der Waals surface area contributed by atoms with Crippen LogP contribution in [0, 0.1) is 5.92 Å². The van der Waals surface area contributed by atoms with Gasteiger partial charge >= 0.3 is 0 Å². The number of fused-ring (bicyclic) bond motifs is 1. The molecule has 1 aromatic carbocycles. The van der Waals surface area contributed by atoms with E-state index in [1.54, 1.807) is 0 Å². The smallest absolute Gasteiger partial charge is 0.261 e. The van der Waals surface area contributed by atoms with Gasteiger partial charge in [-0.25, -0.2) is 0 Å². The summed E-state index contributed by atoms with van der Waals surface area (Å²) >= 11 is 1.52. The van der Waals surface area contributed by atoms with Crippen LogP contribution in [0.3, 0.4) is 0 Å². The topological polar surface area (TPSA) is 55.1 Å². The first-order valence-corrected chi connectivity index (χ1v) is 7.11. The van der Waals surface area contributed by atoms with Gasteiger partial charge in [0.15, 0.2) is 0 Å². The molecule has 1 heterocycles. The fourth-order valence-electron chi connectivity index (χ4n) is 2.19. The number of nitrogen functional groups attached to an aromatic ring is 1. The van der Waals surface area contributed by atoms with Crippen LogP contribution in [0.5, 0.6) is 0 Å². The van der Waals surface area contributed by atoms with Gasteiger partial charge in [0, 0.05) is 16.9 Å². The van der Waals surface area contributed by atoms with Crippen LogP contribution in [0.25, 0.3) is 10.1 Å². The molecule has 2 aromatic rings. The highest BCUT2D eigenvalue weighted by atomic mass is 32.1. The molecular formula is C14H16N2OS. The molecule has 4 heteroatoms. The second-order valence-electron chi connectivity index (χ2n) is 4.91. The molecule has 0 saturated heterocycles. The maximum atomic E-state index is 12.0. The number of rotatable bonds is 3. The predicted molar refractivity (Wildman–Crippen MR) is 75.9 cm³/mol. The molecule has 1 fully saturated rings. The van der Waals surface area contributed by atoms with Gasteiger partial charge in [0.1, 0.15) is 0 Å². The second kappa shape index (κ2) is 4.61. The Bertz CT molecular complexity index is 586. The summed E-state index contributed by atoms with van der Waals surface area (Å²) in [7, 11) is 0. The zero-order valence-electron chi connectivity index (χ0n) is 10.1. The average Bonchev–Trinajstić information content (AvgIpc) is 2.69. The van der Waals surface area contributed by atoms with E-state index in [2.05, 4.69) is 5.32 Å². The Morgan fingerprint density at radius 2 is 2.22 bits per heavy atom. The molecule has 0 spiro atoms. The lowest BCUT2D eigenvalue weighted by Crippen LogP contribution is -2.31. The van der Waals surface area contributed by atoms with Crippen molar-refractivity contribution in [3.63, 3.8) is 0 Å². The van der Waals surface area contributed by atoms with Crippen LogP contribution in [0.1, 0.15) is 28.9 Å². The zero-order chi connectivity index (χ0) is 12.5. The van der Waals surface area contributed by atoms with Crippen LogP contribution in [0.4, 0.5) is 5.69 Å². The van der Waals surface area contributed by atoms with E-state index in [1.807, 2.05) is 24.3 Å². The number of nitrogens with two attached hydrogens (primary N) is 1. The number of nitrogens with one attached hydrogen (secondary N) is 1. The van der Waals surface area contributed by atoms with Crippen molar-refractivity contribution in [3.05, 3.63) is 29.1 Å². The van der Waals surface area contributed by atoms with E-state index in [0.717, 1.165) is 27.2 Å².